The van der Waals surface area contributed by atoms with Crippen molar-refractivity contribution < 1.29 is 14.6 Å². The number of rotatable bonds is 4. The van der Waals surface area contributed by atoms with Crippen LogP contribution in [-0.4, -0.2) is 31.4 Å². The van der Waals surface area contributed by atoms with Crippen LogP contribution in [0, 0.1) is 0 Å². The summed E-state index contributed by atoms with van der Waals surface area (Å²) in [6.45, 7) is 0.905. The largest absolute Gasteiger partial charge is 0.507 e. The highest BCUT2D eigenvalue weighted by Crippen LogP contribution is 2.29. The minimum absolute atomic E-state index is 0.195. The molecule has 0 saturated carbocycles. The molecular weight excluding hydrogens is 244 g/mol. The molecule has 2 aromatic carbocycles. The van der Waals surface area contributed by atoms with Crippen molar-refractivity contribution in [3.8, 4) is 5.75 Å². The quantitative estimate of drug-likeness (QED) is 0.739. The maximum Gasteiger partial charge on any atom is 0.319 e. The number of aromatic hydroxyl groups is 1. The molecule has 0 atom stereocenters. The van der Waals surface area contributed by atoms with Crippen molar-refractivity contribution in [1.29, 1.82) is 0 Å². The van der Waals surface area contributed by atoms with Crippen molar-refractivity contribution in [2.24, 2.45) is 0 Å². The molecule has 0 aromatic heterocycles. The van der Waals surface area contributed by atoms with E-state index in [9.17, 15) is 9.90 Å². The van der Waals surface area contributed by atoms with E-state index in [0.29, 0.717) is 24.2 Å². The van der Waals surface area contributed by atoms with Crippen LogP contribution in [0.15, 0.2) is 36.4 Å². The fourth-order valence-corrected chi connectivity index (χ4v) is 1.84. The molecular formula is C14H16N2O3. The average Bonchev–Trinajstić information content (AvgIpc) is 2.40. The summed E-state index contributed by atoms with van der Waals surface area (Å²) in [6, 6.07) is 10.3. The molecule has 0 aliphatic heterocycles. The van der Waals surface area contributed by atoms with Crippen molar-refractivity contribution in [2.45, 2.75) is 0 Å². The van der Waals surface area contributed by atoms with E-state index in [2.05, 4.69) is 10.6 Å². The Hall–Kier alpha value is -2.27. The zero-order chi connectivity index (χ0) is 13.7. The molecule has 0 saturated heterocycles. The highest BCUT2D eigenvalue weighted by Gasteiger charge is 2.06. The van der Waals surface area contributed by atoms with Gasteiger partial charge < -0.3 is 20.5 Å². The molecule has 0 spiro atoms. The molecule has 19 heavy (non-hydrogen) atoms. The van der Waals surface area contributed by atoms with Crippen LogP contribution in [0.2, 0.25) is 0 Å². The summed E-state index contributed by atoms with van der Waals surface area (Å²) in [5.41, 5.74) is 0.656. The first-order valence-corrected chi connectivity index (χ1v) is 5.97. The molecule has 0 unspecified atom stereocenters. The van der Waals surface area contributed by atoms with Crippen LogP contribution >= 0.6 is 0 Å². The zero-order valence-electron chi connectivity index (χ0n) is 10.6. The number of benzene rings is 2. The summed E-state index contributed by atoms with van der Waals surface area (Å²) in [6.07, 6.45) is 0. The summed E-state index contributed by atoms with van der Waals surface area (Å²) < 4.78 is 4.85. The van der Waals surface area contributed by atoms with Crippen molar-refractivity contribution in [3.63, 3.8) is 0 Å². The Bertz CT molecular complexity index is 584. The zero-order valence-corrected chi connectivity index (χ0v) is 10.6. The highest BCUT2D eigenvalue weighted by atomic mass is 16.5. The van der Waals surface area contributed by atoms with E-state index in [1.807, 2.05) is 6.07 Å². The number of carbonyl (C=O) groups is 1. The Morgan fingerprint density at radius 1 is 1.21 bits per heavy atom. The van der Waals surface area contributed by atoms with Gasteiger partial charge in [0.2, 0.25) is 0 Å². The molecule has 5 heteroatoms. The van der Waals surface area contributed by atoms with Gasteiger partial charge in [-0.25, -0.2) is 4.79 Å². The summed E-state index contributed by atoms with van der Waals surface area (Å²) in [5.74, 6) is 0.195. The van der Waals surface area contributed by atoms with Gasteiger partial charge in [0, 0.05) is 24.4 Å². The van der Waals surface area contributed by atoms with E-state index in [1.165, 1.54) is 0 Å². The second kappa shape index (κ2) is 6.06. The van der Waals surface area contributed by atoms with Gasteiger partial charge in [-0.2, -0.15) is 0 Å². The van der Waals surface area contributed by atoms with Crippen molar-refractivity contribution in [3.05, 3.63) is 36.4 Å². The molecule has 0 aliphatic carbocycles. The van der Waals surface area contributed by atoms with Crippen LogP contribution < -0.4 is 10.6 Å². The van der Waals surface area contributed by atoms with Gasteiger partial charge in [0.15, 0.2) is 0 Å². The Balaban J connectivity index is 2.17. The topological polar surface area (TPSA) is 70.6 Å². The normalized spacial score (nSPS) is 10.4. The Morgan fingerprint density at radius 2 is 1.95 bits per heavy atom. The van der Waals surface area contributed by atoms with Crippen molar-refractivity contribution >= 4 is 22.5 Å². The molecule has 2 amide bonds. The molecule has 3 N–H and O–H groups in total. The smallest absolute Gasteiger partial charge is 0.319 e. The van der Waals surface area contributed by atoms with E-state index in [0.717, 1.165) is 5.39 Å². The predicted molar refractivity (Wildman–Crippen MR) is 74.5 cm³/mol. The number of phenolic OH excluding ortho intramolecular Hbond substituents is 1. The molecule has 0 bridgehead atoms. The van der Waals surface area contributed by atoms with Gasteiger partial charge in [-0.1, -0.05) is 24.3 Å². The monoisotopic (exact) mass is 260 g/mol. The van der Waals surface area contributed by atoms with Crippen molar-refractivity contribution in [1.82, 2.24) is 5.32 Å². The van der Waals surface area contributed by atoms with Crippen LogP contribution in [0.25, 0.3) is 10.8 Å². The van der Waals surface area contributed by atoms with Gasteiger partial charge in [-0.05, 0) is 12.1 Å². The minimum Gasteiger partial charge on any atom is -0.507 e. The molecule has 100 valence electrons. The number of hydrogen-bond donors (Lipinski definition) is 3. The number of phenols is 1. The molecule has 0 aliphatic rings. The second-order valence-electron chi connectivity index (χ2n) is 4.05. The second-order valence-corrected chi connectivity index (χ2v) is 4.05. The summed E-state index contributed by atoms with van der Waals surface area (Å²) in [7, 11) is 1.58. The number of urea groups is 1. The summed E-state index contributed by atoms with van der Waals surface area (Å²) >= 11 is 0. The first kappa shape index (κ1) is 13.2. The molecule has 5 nitrogen and oxygen atoms in total. The van der Waals surface area contributed by atoms with Crippen LogP contribution in [0.5, 0.6) is 5.75 Å². The van der Waals surface area contributed by atoms with E-state index >= 15 is 0 Å². The lowest BCUT2D eigenvalue weighted by atomic mass is 10.1. The number of hydrogen-bond acceptors (Lipinski definition) is 3. The van der Waals surface area contributed by atoms with E-state index in [1.54, 1.807) is 37.4 Å². The van der Waals surface area contributed by atoms with E-state index in [-0.39, 0.29) is 11.8 Å². The van der Waals surface area contributed by atoms with Gasteiger partial charge in [0.1, 0.15) is 5.75 Å². The third kappa shape index (κ3) is 3.14. The lowest BCUT2D eigenvalue weighted by molar-refractivity contribution is 0.198. The first-order valence-electron chi connectivity index (χ1n) is 5.97. The Kier molecular flexibility index (Phi) is 4.20. The van der Waals surface area contributed by atoms with Gasteiger partial charge in [0.25, 0.3) is 0 Å². The SMILES string of the molecule is COCCNC(=O)Nc1cccc2c(O)cccc12. The predicted octanol–water partition coefficient (Wildman–Crippen LogP) is 2.31. The average molecular weight is 260 g/mol. The summed E-state index contributed by atoms with van der Waals surface area (Å²) in [4.78, 5) is 11.7. The van der Waals surface area contributed by atoms with Crippen LogP contribution in [-0.2, 0) is 4.74 Å². The fourth-order valence-electron chi connectivity index (χ4n) is 1.84. The number of fused-ring (bicyclic) bond motifs is 1. The number of amides is 2. The molecule has 0 radical (unpaired) electrons. The Labute approximate surface area is 111 Å². The fraction of sp³-hybridized carbons (Fsp3) is 0.214. The summed E-state index contributed by atoms with van der Waals surface area (Å²) in [5, 5.41) is 16.7. The Morgan fingerprint density at radius 3 is 2.74 bits per heavy atom. The number of anilines is 1. The van der Waals surface area contributed by atoms with Crippen LogP contribution in [0.4, 0.5) is 10.5 Å². The highest BCUT2D eigenvalue weighted by molar-refractivity contribution is 6.03. The van der Waals surface area contributed by atoms with Crippen LogP contribution in [0.1, 0.15) is 0 Å². The van der Waals surface area contributed by atoms with Crippen molar-refractivity contribution in [2.75, 3.05) is 25.6 Å². The molecule has 0 fully saturated rings. The number of carbonyl (C=O) groups excluding carboxylic acids is 1. The number of nitrogens with one attached hydrogen (secondary N) is 2. The number of ether oxygens (including phenoxy) is 1. The lowest BCUT2D eigenvalue weighted by Crippen LogP contribution is -2.31. The maximum absolute atomic E-state index is 11.7. The molecule has 0 heterocycles. The maximum atomic E-state index is 11.7. The standard InChI is InChI=1S/C14H16N2O3/c1-19-9-8-15-14(18)16-12-6-2-5-11-10(12)4-3-7-13(11)17/h2-7,17H,8-9H2,1H3,(H2,15,16,18). The van der Waals surface area contributed by atoms with Gasteiger partial charge in [0.05, 0.1) is 12.3 Å². The first-order chi connectivity index (χ1) is 9.22. The molecule has 2 aromatic rings. The van der Waals surface area contributed by atoms with E-state index in [4.69, 9.17) is 4.74 Å². The minimum atomic E-state index is -0.298. The third-order valence-corrected chi connectivity index (χ3v) is 2.74. The van der Waals surface area contributed by atoms with Gasteiger partial charge in [-0.3, -0.25) is 0 Å². The van der Waals surface area contributed by atoms with Gasteiger partial charge >= 0.3 is 6.03 Å². The number of methoxy groups -OCH3 is 1. The van der Waals surface area contributed by atoms with Crippen LogP contribution in [0.3, 0.4) is 0 Å². The molecule has 2 rings (SSSR count). The van der Waals surface area contributed by atoms with E-state index < -0.39 is 0 Å². The third-order valence-electron chi connectivity index (χ3n) is 2.74. The van der Waals surface area contributed by atoms with Gasteiger partial charge in [-0.15, -0.1) is 0 Å². The lowest BCUT2D eigenvalue weighted by Gasteiger charge is -2.10.